The van der Waals surface area contributed by atoms with E-state index < -0.39 is 0 Å². The highest BCUT2D eigenvalue weighted by molar-refractivity contribution is 9.09. The zero-order valence-corrected chi connectivity index (χ0v) is 10.1. The van der Waals surface area contributed by atoms with Crippen molar-refractivity contribution >= 4 is 15.9 Å². The summed E-state index contributed by atoms with van der Waals surface area (Å²) in [6.07, 6.45) is 1.06. The molecule has 0 saturated carbocycles. The quantitative estimate of drug-likeness (QED) is 0.665. The Labute approximate surface area is 93.6 Å². The first-order chi connectivity index (χ1) is 6.58. The highest BCUT2D eigenvalue weighted by Crippen LogP contribution is 2.15. The van der Waals surface area contributed by atoms with E-state index in [9.17, 15) is 0 Å². The summed E-state index contributed by atoms with van der Waals surface area (Å²) >= 11 is 3.32. The van der Waals surface area contributed by atoms with Crippen LogP contribution in [0.15, 0.2) is 24.3 Å². The second-order valence-corrected chi connectivity index (χ2v) is 4.71. The van der Waals surface area contributed by atoms with Crippen LogP contribution in [0.1, 0.15) is 19.4 Å². The summed E-state index contributed by atoms with van der Waals surface area (Å²) in [5.74, 6) is 0.909. The van der Waals surface area contributed by atoms with E-state index in [2.05, 4.69) is 15.9 Å². The van der Waals surface area contributed by atoms with Crippen LogP contribution in [-0.2, 0) is 6.42 Å². The molecule has 78 valence electrons. The van der Waals surface area contributed by atoms with Crippen molar-refractivity contribution in [3.8, 4) is 5.75 Å². The maximum Gasteiger partial charge on any atom is 0.119 e. The van der Waals surface area contributed by atoms with Crippen LogP contribution in [0.4, 0.5) is 0 Å². The predicted molar refractivity (Wildman–Crippen MR) is 62.8 cm³/mol. The van der Waals surface area contributed by atoms with Gasteiger partial charge in [-0.05, 0) is 38.0 Å². The Morgan fingerprint density at radius 3 is 2.29 bits per heavy atom. The molecule has 1 rings (SSSR count). The van der Waals surface area contributed by atoms with Gasteiger partial charge in [0.05, 0.1) is 11.1 Å². The molecular formula is C11H16BrNO. The molecule has 0 amide bonds. The first kappa shape index (κ1) is 11.5. The van der Waals surface area contributed by atoms with E-state index in [1.54, 1.807) is 0 Å². The molecule has 1 aromatic carbocycles. The summed E-state index contributed by atoms with van der Waals surface area (Å²) in [5.41, 5.74) is 6.84. The number of alkyl halides is 1. The van der Waals surface area contributed by atoms with Gasteiger partial charge in [0.1, 0.15) is 5.75 Å². The molecule has 1 unspecified atom stereocenters. The van der Waals surface area contributed by atoms with Crippen LogP contribution in [0.5, 0.6) is 5.75 Å². The van der Waals surface area contributed by atoms with E-state index >= 15 is 0 Å². The number of halogens is 1. The normalized spacial score (nSPS) is 12.9. The van der Waals surface area contributed by atoms with Crippen LogP contribution >= 0.6 is 15.9 Å². The van der Waals surface area contributed by atoms with Crippen LogP contribution in [0, 0.1) is 0 Å². The summed E-state index contributed by atoms with van der Waals surface area (Å²) in [5, 5.41) is 0. The van der Waals surface area contributed by atoms with Gasteiger partial charge in [-0.2, -0.15) is 0 Å². The third-order valence-corrected chi connectivity index (χ3v) is 2.05. The standard InChI is InChI=1S/C11H16BrNO/c1-8(2)14-10-5-3-9(4-6-10)7-11(12)13/h3-6,8,11H,7,13H2,1-2H3. The molecule has 0 aliphatic heterocycles. The average molecular weight is 258 g/mol. The molecule has 0 aliphatic rings. The second-order valence-electron chi connectivity index (χ2n) is 3.53. The monoisotopic (exact) mass is 257 g/mol. The van der Waals surface area contributed by atoms with Crippen molar-refractivity contribution in [1.82, 2.24) is 0 Å². The third kappa shape index (κ3) is 4.11. The number of hydrogen-bond acceptors (Lipinski definition) is 2. The van der Waals surface area contributed by atoms with Gasteiger partial charge in [-0.1, -0.05) is 28.1 Å². The number of nitrogens with two attached hydrogens (primary N) is 1. The van der Waals surface area contributed by atoms with Gasteiger partial charge in [-0.15, -0.1) is 0 Å². The molecule has 2 N–H and O–H groups in total. The molecule has 1 atom stereocenters. The smallest absolute Gasteiger partial charge is 0.119 e. The Balaban J connectivity index is 2.59. The van der Waals surface area contributed by atoms with E-state index in [1.807, 2.05) is 38.1 Å². The molecule has 0 heterocycles. The second kappa shape index (κ2) is 5.37. The van der Waals surface area contributed by atoms with E-state index in [4.69, 9.17) is 10.5 Å². The van der Waals surface area contributed by atoms with Crippen LogP contribution < -0.4 is 10.5 Å². The van der Waals surface area contributed by atoms with Crippen molar-refractivity contribution in [2.75, 3.05) is 0 Å². The fourth-order valence-corrected chi connectivity index (χ4v) is 1.58. The van der Waals surface area contributed by atoms with Crippen molar-refractivity contribution in [3.63, 3.8) is 0 Å². The summed E-state index contributed by atoms with van der Waals surface area (Å²) in [7, 11) is 0. The number of ether oxygens (including phenoxy) is 1. The largest absolute Gasteiger partial charge is 0.491 e. The minimum atomic E-state index is 0.0272. The fraction of sp³-hybridized carbons (Fsp3) is 0.455. The van der Waals surface area contributed by atoms with Gasteiger partial charge in [0.2, 0.25) is 0 Å². The van der Waals surface area contributed by atoms with Crippen LogP contribution in [0.2, 0.25) is 0 Å². The van der Waals surface area contributed by atoms with Crippen LogP contribution in [-0.4, -0.2) is 11.1 Å². The highest BCUT2D eigenvalue weighted by Gasteiger charge is 2.00. The Hall–Kier alpha value is -0.540. The first-order valence-corrected chi connectivity index (χ1v) is 5.64. The maximum absolute atomic E-state index is 5.63. The molecule has 0 aromatic heterocycles. The fourth-order valence-electron chi connectivity index (χ4n) is 1.20. The minimum absolute atomic E-state index is 0.0272. The van der Waals surface area contributed by atoms with Crippen molar-refractivity contribution < 1.29 is 4.74 Å². The molecular weight excluding hydrogens is 242 g/mol. The summed E-state index contributed by atoms with van der Waals surface area (Å²) in [6.45, 7) is 4.03. The van der Waals surface area contributed by atoms with Crippen molar-refractivity contribution in [1.29, 1.82) is 0 Å². The Bertz CT molecular complexity index is 240. The van der Waals surface area contributed by atoms with Crippen LogP contribution in [0.25, 0.3) is 0 Å². The van der Waals surface area contributed by atoms with Gasteiger partial charge in [0.15, 0.2) is 0 Å². The van der Waals surface area contributed by atoms with E-state index in [0.29, 0.717) is 0 Å². The summed E-state index contributed by atoms with van der Waals surface area (Å²) in [4.78, 5) is 0.0272. The van der Waals surface area contributed by atoms with E-state index in [0.717, 1.165) is 12.2 Å². The lowest BCUT2D eigenvalue weighted by Gasteiger charge is -2.10. The zero-order chi connectivity index (χ0) is 10.6. The zero-order valence-electron chi connectivity index (χ0n) is 8.53. The molecule has 14 heavy (non-hydrogen) atoms. The van der Waals surface area contributed by atoms with Crippen molar-refractivity contribution in [3.05, 3.63) is 29.8 Å². The molecule has 0 spiro atoms. The van der Waals surface area contributed by atoms with Crippen molar-refractivity contribution in [2.45, 2.75) is 31.3 Å². The van der Waals surface area contributed by atoms with Gasteiger partial charge in [-0.3, -0.25) is 0 Å². The van der Waals surface area contributed by atoms with Crippen molar-refractivity contribution in [2.24, 2.45) is 5.73 Å². The van der Waals surface area contributed by atoms with Gasteiger partial charge in [0.25, 0.3) is 0 Å². The lowest BCUT2D eigenvalue weighted by atomic mass is 10.1. The Morgan fingerprint density at radius 1 is 1.29 bits per heavy atom. The topological polar surface area (TPSA) is 35.2 Å². The molecule has 0 bridgehead atoms. The molecule has 0 aliphatic carbocycles. The molecule has 2 nitrogen and oxygen atoms in total. The molecule has 0 radical (unpaired) electrons. The molecule has 3 heteroatoms. The molecule has 1 aromatic rings. The highest BCUT2D eigenvalue weighted by atomic mass is 79.9. The van der Waals surface area contributed by atoms with Gasteiger partial charge < -0.3 is 10.5 Å². The summed E-state index contributed by atoms with van der Waals surface area (Å²) < 4.78 is 5.53. The van der Waals surface area contributed by atoms with Gasteiger partial charge in [0, 0.05) is 0 Å². The Kier molecular flexibility index (Phi) is 4.42. The van der Waals surface area contributed by atoms with Gasteiger partial charge in [-0.25, -0.2) is 0 Å². The van der Waals surface area contributed by atoms with Crippen LogP contribution in [0.3, 0.4) is 0 Å². The van der Waals surface area contributed by atoms with Gasteiger partial charge >= 0.3 is 0 Å². The lowest BCUT2D eigenvalue weighted by Crippen LogP contribution is -2.13. The number of benzene rings is 1. The number of hydrogen-bond donors (Lipinski definition) is 1. The lowest BCUT2D eigenvalue weighted by molar-refractivity contribution is 0.242. The van der Waals surface area contributed by atoms with E-state index in [1.165, 1.54) is 5.56 Å². The predicted octanol–water partition coefficient (Wildman–Crippen LogP) is 2.70. The molecule has 0 fully saturated rings. The number of rotatable bonds is 4. The SMILES string of the molecule is CC(C)Oc1ccc(CC(N)Br)cc1. The molecule has 0 saturated heterocycles. The first-order valence-electron chi connectivity index (χ1n) is 4.73. The average Bonchev–Trinajstić information content (AvgIpc) is 2.06. The maximum atomic E-state index is 5.63. The van der Waals surface area contributed by atoms with E-state index in [-0.39, 0.29) is 11.1 Å². The Morgan fingerprint density at radius 2 is 1.86 bits per heavy atom. The third-order valence-electron chi connectivity index (χ3n) is 1.73. The minimum Gasteiger partial charge on any atom is -0.491 e. The summed E-state index contributed by atoms with van der Waals surface area (Å²) in [6, 6.07) is 8.03.